The molecule has 2 aliphatic rings. The number of ether oxygens (including phenoxy) is 1. The third-order valence-corrected chi connectivity index (χ3v) is 4.80. The van der Waals surface area contributed by atoms with Crippen molar-refractivity contribution in [3.8, 4) is 0 Å². The van der Waals surface area contributed by atoms with Crippen LogP contribution in [0.25, 0.3) is 0 Å². The van der Waals surface area contributed by atoms with Crippen molar-refractivity contribution in [1.82, 2.24) is 9.88 Å². The smallest absolute Gasteiger partial charge is 0.410 e. The van der Waals surface area contributed by atoms with E-state index < -0.39 is 17.0 Å². The fourth-order valence-electron chi connectivity index (χ4n) is 3.90. The third kappa shape index (κ3) is 3.11. The maximum Gasteiger partial charge on any atom is 0.410 e. The van der Waals surface area contributed by atoms with E-state index in [0.29, 0.717) is 5.69 Å². The van der Waals surface area contributed by atoms with Crippen molar-refractivity contribution >= 4 is 6.09 Å². The highest BCUT2D eigenvalue weighted by Gasteiger charge is 2.52. The lowest BCUT2D eigenvalue weighted by molar-refractivity contribution is -0.0665. The summed E-state index contributed by atoms with van der Waals surface area (Å²) < 4.78 is 19.7. The van der Waals surface area contributed by atoms with Crippen LogP contribution in [0, 0.1) is 12.7 Å². The van der Waals surface area contributed by atoms with Gasteiger partial charge >= 0.3 is 6.09 Å². The summed E-state index contributed by atoms with van der Waals surface area (Å²) in [5, 5.41) is 11.1. The molecule has 0 saturated carbocycles. The first kappa shape index (κ1) is 17.1. The average Bonchev–Trinajstić information content (AvgIpc) is 2.73. The molecule has 0 radical (unpaired) electrons. The number of halogens is 1. The van der Waals surface area contributed by atoms with Crippen LogP contribution in [0.1, 0.15) is 57.8 Å². The lowest BCUT2D eigenvalue weighted by Crippen LogP contribution is -2.53. The average molecular weight is 336 g/mol. The zero-order valence-corrected chi connectivity index (χ0v) is 14.7. The topological polar surface area (TPSA) is 62.7 Å². The molecule has 1 aromatic rings. The molecule has 6 heteroatoms. The molecule has 2 fully saturated rings. The van der Waals surface area contributed by atoms with Gasteiger partial charge in [0.1, 0.15) is 22.7 Å². The second kappa shape index (κ2) is 5.69. The number of hydrogen-bond donors (Lipinski definition) is 1. The number of rotatable bonds is 1. The number of piperidine rings is 1. The molecule has 2 unspecified atom stereocenters. The number of carbonyl (C=O) groups excluding carboxylic acids is 1. The van der Waals surface area contributed by atoms with Crippen LogP contribution in [-0.4, -0.2) is 38.8 Å². The van der Waals surface area contributed by atoms with Gasteiger partial charge in [-0.3, -0.25) is 4.98 Å². The van der Waals surface area contributed by atoms with E-state index in [-0.39, 0.29) is 36.7 Å². The lowest BCUT2D eigenvalue weighted by Gasteiger charge is -2.43. The summed E-state index contributed by atoms with van der Waals surface area (Å²) in [6.07, 6.45) is 1.81. The van der Waals surface area contributed by atoms with Gasteiger partial charge in [-0.2, -0.15) is 0 Å². The van der Waals surface area contributed by atoms with E-state index in [0.717, 1.165) is 12.8 Å². The van der Waals surface area contributed by atoms with E-state index >= 15 is 0 Å². The first-order chi connectivity index (χ1) is 11.1. The standard InChI is InChI=1S/C18H25FN2O3/c1-11-5-8-14(19)15(20-11)18(23)9-12-6-7-13(10-18)21(12)16(22)24-17(2,3)4/h5,8,12-13,23H,6-7,9-10H2,1-4H3. The van der Waals surface area contributed by atoms with Gasteiger partial charge in [0.2, 0.25) is 0 Å². The number of nitrogens with zero attached hydrogens (tertiary/aromatic N) is 2. The van der Waals surface area contributed by atoms with Gasteiger partial charge in [0.15, 0.2) is 0 Å². The number of pyridine rings is 1. The number of hydrogen-bond acceptors (Lipinski definition) is 4. The molecule has 2 aliphatic heterocycles. The molecule has 2 bridgehead atoms. The Morgan fingerprint density at radius 3 is 2.46 bits per heavy atom. The zero-order valence-electron chi connectivity index (χ0n) is 14.7. The van der Waals surface area contributed by atoms with E-state index in [4.69, 9.17) is 4.74 Å². The first-order valence-corrected chi connectivity index (χ1v) is 8.46. The molecule has 0 aliphatic carbocycles. The van der Waals surface area contributed by atoms with Gasteiger partial charge in [0.05, 0.1) is 0 Å². The zero-order chi connectivity index (χ0) is 17.7. The Morgan fingerprint density at radius 1 is 1.33 bits per heavy atom. The van der Waals surface area contributed by atoms with E-state index in [1.165, 1.54) is 6.07 Å². The number of aliphatic hydroxyl groups is 1. The molecule has 0 spiro atoms. The van der Waals surface area contributed by atoms with Crippen molar-refractivity contribution in [3.05, 3.63) is 29.3 Å². The molecular weight excluding hydrogens is 311 g/mol. The van der Waals surface area contributed by atoms with E-state index in [9.17, 15) is 14.3 Å². The van der Waals surface area contributed by atoms with Crippen LogP contribution < -0.4 is 0 Å². The van der Waals surface area contributed by atoms with Crippen molar-refractivity contribution in [2.24, 2.45) is 0 Å². The monoisotopic (exact) mass is 336 g/mol. The molecule has 1 amide bonds. The minimum absolute atomic E-state index is 0.100. The number of aromatic nitrogens is 1. The number of aryl methyl sites for hydroxylation is 1. The summed E-state index contributed by atoms with van der Waals surface area (Å²) in [4.78, 5) is 18.4. The fourth-order valence-corrected chi connectivity index (χ4v) is 3.90. The molecule has 2 saturated heterocycles. The van der Waals surface area contributed by atoms with Crippen molar-refractivity contribution in [3.63, 3.8) is 0 Å². The Balaban J connectivity index is 1.84. The molecule has 3 heterocycles. The molecule has 5 nitrogen and oxygen atoms in total. The largest absolute Gasteiger partial charge is 0.444 e. The molecule has 1 N–H and O–H groups in total. The van der Waals surface area contributed by atoms with Crippen molar-refractivity contribution in [2.45, 2.75) is 76.7 Å². The molecule has 132 valence electrons. The normalized spacial score (nSPS) is 29.7. The maximum absolute atomic E-state index is 14.2. The van der Waals surface area contributed by atoms with Gasteiger partial charge in [0, 0.05) is 30.6 Å². The van der Waals surface area contributed by atoms with Crippen molar-refractivity contribution in [1.29, 1.82) is 0 Å². The molecule has 1 aromatic heterocycles. The van der Waals surface area contributed by atoms with Crippen LogP contribution in [0.2, 0.25) is 0 Å². The maximum atomic E-state index is 14.2. The van der Waals surface area contributed by atoms with Crippen LogP contribution in [0.3, 0.4) is 0 Å². The van der Waals surface area contributed by atoms with E-state index in [1.54, 1.807) is 17.9 Å². The first-order valence-electron chi connectivity index (χ1n) is 8.46. The van der Waals surface area contributed by atoms with Crippen LogP contribution in [0.15, 0.2) is 12.1 Å². The van der Waals surface area contributed by atoms with Gasteiger partial charge in [0.25, 0.3) is 0 Å². The predicted octanol–water partition coefficient (Wildman–Crippen LogP) is 3.28. The van der Waals surface area contributed by atoms with Gasteiger partial charge in [-0.25, -0.2) is 9.18 Å². The van der Waals surface area contributed by atoms with E-state index in [2.05, 4.69) is 4.98 Å². The number of carbonyl (C=O) groups is 1. The Bertz CT molecular complexity index is 642. The third-order valence-electron chi connectivity index (χ3n) is 4.80. The summed E-state index contributed by atoms with van der Waals surface area (Å²) in [6, 6.07) is 2.64. The second-order valence-electron chi connectivity index (χ2n) is 8.00. The Labute approximate surface area is 141 Å². The SMILES string of the molecule is Cc1ccc(F)c(C2(O)CC3CCC(C2)N3C(=O)OC(C)(C)C)n1. The van der Waals surface area contributed by atoms with E-state index in [1.807, 2.05) is 20.8 Å². The van der Waals surface area contributed by atoms with Gasteiger partial charge < -0.3 is 14.7 Å². The Hall–Kier alpha value is -1.69. The summed E-state index contributed by atoms with van der Waals surface area (Å²) >= 11 is 0. The fraction of sp³-hybridized carbons (Fsp3) is 0.667. The summed E-state index contributed by atoms with van der Waals surface area (Å²) in [7, 11) is 0. The Morgan fingerprint density at radius 2 is 1.92 bits per heavy atom. The second-order valence-corrected chi connectivity index (χ2v) is 8.00. The molecular formula is C18H25FN2O3. The van der Waals surface area contributed by atoms with Crippen LogP contribution >= 0.6 is 0 Å². The van der Waals surface area contributed by atoms with Crippen molar-refractivity contribution in [2.75, 3.05) is 0 Å². The molecule has 0 aromatic carbocycles. The van der Waals surface area contributed by atoms with Crippen LogP contribution in [0.4, 0.5) is 9.18 Å². The van der Waals surface area contributed by atoms with Gasteiger partial charge in [-0.05, 0) is 52.7 Å². The Kier molecular flexibility index (Phi) is 4.06. The minimum Gasteiger partial charge on any atom is -0.444 e. The predicted molar refractivity (Wildman–Crippen MR) is 86.9 cm³/mol. The van der Waals surface area contributed by atoms with Crippen LogP contribution in [-0.2, 0) is 10.3 Å². The number of fused-ring (bicyclic) bond motifs is 2. The van der Waals surface area contributed by atoms with Crippen molar-refractivity contribution < 1.29 is 19.0 Å². The minimum atomic E-state index is -1.33. The summed E-state index contributed by atoms with van der Waals surface area (Å²) in [6.45, 7) is 7.27. The summed E-state index contributed by atoms with van der Waals surface area (Å²) in [5.41, 5.74) is -1.13. The van der Waals surface area contributed by atoms with Crippen LogP contribution in [0.5, 0.6) is 0 Å². The highest BCUT2D eigenvalue weighted by atomic mass is 19.1. The highest BCUT2D eigenvalue weighted by Crippen LogP contribution is 2.46. The van der Waals surface area contributed by atoms with Gasteiger partial charge in [-0.15, -0.1) is 0 Å². The summed E-state index contributed by atoms with van der Waals surface area (Å²) in [5.74, 6) is -0.492. The van der Waals surface area contributed by atoms with Gasteiger partial charge in [-0.1, -0.05) is 0 Å². The highest BCUT2D eigenvalue weighted by molar-refractivity contribution is 5.69. The molecule has 24 heavy (non-hydrogen) atoms. The number of amides is 1. The quantitative estimate of drug-likeness (QED) is 0.855. The lowest BCUT2D eigenvalue weighted by atomic mass is 9.83. The molecule has 3 rings (SSSR count). The molecule has 2 atom stereocenters.